The van der Waals surface area contributed by atoms with Gasteiger partial charge >= 0.3 is 0 Å². The SMILES string of the molecule is Cc1cc(C)nc(N2CCCC3(CCC(=O)N3C)CC2)n1. The number of hydrogen-bond acceptors (Lipinski definition) is 4. The standard InChI is InChI=1S/C16H24N4O/c1-12-11-13(2)18-15(17-12)20-9-4-6-16(8-10-20)7-5-14(21)19(16)3/h11H,4-10H2,1-3H3. The molecule has 1 spiro atoms. The van der Waals surface area contributed by atoms with Crippen molar-refractivity contribution in [1.82, 2.24) is 14.9 Å². The van der Waals surface area contributed by atoms with Gasteiger partial charge in [0.15, 0.2) is 0 Å². The van der Waals surface area contributed by atoms with Crippen LogP contribution in [0.1, 0.15) is 43.5 Å². The van der Waals surface area contributed by atoms with Gasteiger partial charge in [0.05, 0.1) is 0 Å². The summed E-state index contributed by atoms with van der Waals surface area (Å²) < 4.78 is 0. The Morgan fingerprint density at radius 1 is 1.10 bits per heavy atom. The van der Waals surface area contributed by atoms with Crippen LogP contribution in [0.15, 0.2) is 6.07 Å². The molecule has 3 heterocycles. The maximum absolute atomic E-state index is 11.9. The number of rotatable bonds is 1. The maximum Gasteiger partial charge on any atom is 0.225 e. The summed E-state index contributed by atoms with van der Waals surface area (Å²) in [7, 11) is 1.97. The van der Waals surface area contributed by atoms with Gasteiger partial charge in [-0.05, 0) is 45.6 Å². The smallest absolute Gasteiger partial charge is 0.225 e. The Morgan fingerprint density at radius 3 is 2.43 bits per heavy atom. The molecule has 1 aromatic heterocycles. The van der Waals surface area contributed by atoms with Gasteiger partial charge in [-0.15, -0.1) is 0 Å². The van der Waals surface area contributed by atoms with E-state index >= 15 is 0 Å². The Balaban J connectivity index is 1.78. The minimum absolute atomic E-state index is 0.0741. The van der Waals surface area contributed by atoms with Crippen molar-refractivity contribution < 1.29 is 4.79 Å². The summed E-state index contributed by atoms with van der Waals surface area (Å²) in [5.74, 6) is 1.14. The second-order valence-electron chi connectivity index (χ2n) is 6.47. The van der Waals surface area contributed by atoms with Gasteiger partial charge in [-0.3, -0.25) is 4.79 Å². The molecular weight excluding hydrogens is 264 g/mol. The molecule has 2 saturated heterocycles. The molecule has 1 unspecified atom stereocenters. The lowest BCUT2D eigenvalue weighted by molar-refractivity contribution is -0.129. The molecule has 5 nitrogen and oxygen atoms in total. The zero-order valence-electron chi connectivity index (χ0n) is 13.2. The number of anilines is 1. The summed E-state index contributed by atoms with van der Waals surface area (Å²) >= 11 is 0. The van der Waals surface area contributed by atoms with E-state index in [9.17, 15) is 4.79 Å². The number of hydrogen-bond donors (Lipinski definition) is 0. The molecule has 1 aromatic rings. The zero-order valence-corrected chi connectivity index (χ0v) is 13.2. The van der Waals surface area contributed by atoms with E-state index in [1.54, 1.807) is 0 Å². The van der Waals surface area contributed by atoms with Crippen molar-refractivity contribution in [3.05, 3.63) is 17.5 Å². The van der Waals surface area contributed by atoms with Crippen LogP contribution < -0.4 is 4.90 Å². The van der Waals surface area contributed by atoms with Crippen LogP contribution in [0.25, 0.3) is 0 Å². The van der Waals surface area contributed by atoms with E-state index in [0.29, 0.717) is 12.3 Å². The molecule has 2 fully saturated rings. The van der Waals surface area contributed by atoms with Crippen LogP contribution in [-0.2, 0) is 4.79 Å². The molecule has 21 heavy (non-hydrogen) atoms. The van der Waals surface area contributed by atoms with Crippen LogP contribution in [0.3, 0.4) is 0 Å². The molecule has 0 saturated carbocycles. The van der Waals surface area contributed by atoms with E-state index in [1.807, 2.05) is 31.9 Å². The monoisotopic (exact) mass is 288 g/mol. The molecule has 2 aliphatic heterocycles. The van der Waals surface area contributed by atoms with Crippen molar-refractivity contribution in [1.29, 1.82) is 0 Å². The average molecular weight is 288 g/mol. The molecule has 2 aliphatic rings. The number of amides is 1. The van der Waals surface area contributed by atoms with E-state index in [4.69, 9.17) is 0 Å². The molecule has 0 aliphatic carbocycles. The number of nitrogens with zero attached hydrogens (tertiary/aromatic N) is 4. The highest BCUT2D eigenvalue weighted by molar-refractivity contribution is 5.79. The molecule has 0 bridgehead atoms. The first kappa shape index (κ1) is 14.3. The summed E-state index contributed by atoms with van der Waals surface area (Å²) in [5.41, 5.74) is 2.11. The number of carbonyl (C=O) groups is 1. The van der Waals surface area contributed by atoms with Crippen LogP contribution in [-0.4, -0.2) is 46.5 Å². The highest BCUT2D eigenvalue weighted by atomic mass is 16.2. The largest absolute Gasteiger partial charge is 0.341 e. The second-order valence-corrected chi connectivity index (χ2v) is 6.47. The van der Waals surface area contributed by atoms with Crippen molar-refractivity contribution in [2.45, 2.75) is 51.5 Å². The maximum atomic E-state index is 11.9. The number of likely N-dealkylation sites (tertiary alicyclic amines) is 1. The zero-order chi connectivity index (χ0) is 15.0. The van der Waals surface area contributed by atoms with Gasteiger partial charge < -0.3 is 9.80 Å². The average Bonchev–Trinajstić information content (AvgIpc) is 2.64. The van der Waals surface area contributed by atoms with E-state index in [2.05, 4.69) is 14.9 Å². The third kappa shape index (κ3) is 2.61. The van der Waals surface area contributed by atoms with Crippen molar-refractivity contribution in [2.24, 2.45) is 0 Å². The van der Waals surface area contributed by atoms with Crippen LogP contribution in [0.2, 0.25) is 0 Å². The molecule has 0 N–H and O–H groups in total. The first-order chi connectivity index (χ1) is 10.00. The fraction of sp³-hybridized carbons (Fsp3) is 0.688. The van der Waals surface area contributed by atoms with Crippen LogP contribution in [0.5, 0.6) is 0 Å². The third-order valence-electron chi connectivity index (χ3n) is 5.06. The van der Waals surface area contributed by atoms with Crippen molar-refractivity contribution in [3.63, 3.8) is 0 Å². The van der Waals surface area contributed by atoms with Gasteiger partial charge in [-0.2, -0.15) is 0 Å². The van der Waals surface area contributed by atoms with E-state index in [0.717, 1.165) is 56.1 Å². The van der Waals surface area contributed by atoms with Crippen molar-refractivity contribution in [3.8, 4) is 0 Å². The van der Waals surface area contributed by atoms with Crippen LogP contribution in [0, 0.1) is 13.8 Å². The molecule has 1 amide bonds. The van der Waals surface area contributed by atoms with Crippen LogP contribution in [0.4, 0.5) is 5.95 Å². The predicted molar refractivity (Wildman–Crippen MR) is 82.3 cm³/mol. The summed E-state index contributed by atoms with van der Waals surface area (Å²) in [6.45, 7) is 5.94. The Morgan fingerprint density at radius 2 is 1.81 bits per heavy atom. The van der Waals surface area contributed by atoms with Gasteiger partial charge in [0.25, 0.3) is 0 Å². The highest BCUT2D eigenvalue weighted by Crippen LogP contribution is 2.38. The Kier molecular flexibility index (Phi) is 3.59. The Hall–Kier alpha value is -1.65. The summed E-state index contributed by atoms with van der Waals surface area (Å²) in [5, 5.41) is 0. The summed E-state index contributed by atoms with van der Waals surface area (Å²) in [6, 6.07) is 2.01. The first-order valence-corrected chi connectivity index (χ1v) is 7.84. The lowest BCUT2D eigenvalue weighted by Gasteiger charge is -2.35. The minimum Gasteiger partial charge on any atom is -0.341 e. The predicted octanol–water partition coefficient (Wildman–Crippen LogP) is 2.07. The fourth-order valence-corrected chi connectivity index (χ4v) is 3.75. The molecule has 3 rings (SSSR count). The summed E-state index contributed by atoms with van der Waals surface area (Å²) in [6.07, 6.45) is 4.91. The number of aryl methyl sites for hydroxylation is 2. The molecule has 5 heteroatoms. The quantitative estimate of drug-likeness (QED) is 0.794. The minimum atomic E-state index is 0.0741. The molecular formula is C16H24N4O. The third-order valence-corrected chi connectivity index (χ3v) is 5.06. The Labute approximate surface area is 126 Å². The normalized spacial score (nSPS) is 26.5. The van der Waals surface area contributed by atoms with Crippen molar-refractivity contribution >= 4 is 11.9 Å². The lowest BCUT2D eigenvalue weighted by atomic mass is 9.88. The van der Waals surface area contributed by atoms with Gasteiger partial charge in [0, 0.05) is 43.5 Å². The van der Waals surface area contributed by atoms with Crippen molar-refractivity contribution in [2.75, 3.05) is 25.0 Å². The first-order valence-electron chi connectivity index (χ1n) is 7.84. The van der Waals surface area contributed by atoms with Gasteiger partial charge in [0.1, 0.15) is 0 Å². The topological polar surface area (TPSA) is 49.3 Å². The number of aromatic nitrogens is 2. The van der Waals surface area contributed by atoms with Gasteiger partial charge in [-0.25, -0.2) is 9.97 Å². The second kappa shape index (κ2) is 5.28. The molecule has 1 atom stereocenters. The fourth-order valence-electron chi connectivity index (χ4n) is 3.75. The van der Waals surface area contributed by atoms with Gasteiger partial charge in [-0.1, -0.05) is 0 Å². The van der Waals surface area contributed by atoms with E-state index in [-0.39, 0.29) is 5.54 Å². The summed E-state index contributed by atoms with van der Waals surface area (Å²) in [4.78, 5) is 25.3. The van der Waals surface area contributed by atoms with Crippen LogP contribution >= 0.6 is 0 Å². The van der Waals surface area contributed by atoms with E-state index < -0.39 is 0 Å². The molecule has 0 aromatic carbocycles. The molecule has 0 radical (unpaired) electrons. The van der Waals surface area contributed by atoms with Gasteiger partial charge in [0.2, 0.25) is 11.9 Å². The lowest BCUT2D eigenvalue weighted by Crippen LogP contribution is -2.43. The van der Waals surface area contributed by atoms with E-state index in [1.165, 1.54) is 0 Å². The molecule has 114 valence electrons. The highest BCUT2D eigenvalue weighted by Gasteiger charge is 2.43. The number of carbonyl (C=O) groups excluding carboxylic acids is 1. The Bertz CT molecular complexity index is 539.